The Balaban J connectivity index is 2.37. The van der Waals surface area contributed by atoms with Crippen molar-refractivity contribution in [2.75, 3.05) is 0 Å². The van der Waals surface area contributed by atoms with Gasteiger partial charge in [0.1, 0.15) is 0 Å². The molecule has 110 valence electrons. The summed E-state index contributed by atoms with van der Waals surface area (Å²) in [5.74, 6) is 0.333. The molecule has 0 aliphatic rings. The van der Waals surface area contributed by atoms with Gasteiger partial charge >= 0.3 is 0 Å². The Kier molecular flexibility index (Phi) is 5.09. The second kappa shape index (κ2) is 7.02. The molecule has 2 unspecified atom stereocenters. The Morgan fingerprint density at radius 3 is 2.14 bits per heavy atom. The number of rotatable bonds is 6. The lowest BCUT2D eigenvalue weighted by Gasteiger charge is -2.18. The fraction of sp³-hybridized carbons (Fsp3) is 0.333. The molecule has 0 aliphatic carbocycles. The Labute approximate surface area is 125 Å². The van der Waals surface area contributed by atoms with E-state index in [1.165, 1.54) is 0 Å². The highest BCUT2D eigenvalue weighted by molar-refractivity contribution is 5.33. The van der Waals surface area contributed by atoms with Gasteiger partial charge in [0.15, 0.2) is 0 Å². The predicted molar refractivity (Wildman–Crippen MR) is 85.0 cm³/mol. The van der Waals surface area contributed by atoms with Crippen molar-refractivity contribution < 1.29 is 4.92 Å². The highest BCUT2D eigenvalue weighted by atomic mass is 16.6. The molecule has 0 spiro atoms. The molecule has 0 saturated heterocycles. The largest absolute Gasteiger partial charge is 0.264 e. The smallest absolute Gasteiger partial charge is 0.242 e. The third-order valence-corrected chi connectivity index (χ3v) is 4.02. The Morgan fingerprint density at radius 1 is 1.00 bits per heavy atom. The molecule has 0 saturated carbocycles. The van der Waals surface area contributed by atoms with Crippen molar-refractivity contribution in [3.63, 3.8) is 0 Å². The van der Waals surface area contributed by atoms with Crippen molar-refractivity contribution in [3.8, 4) is 0 Å². The van der Waals surface area contributed by atoms with Crippen LogP contribution >= 0.6 is 0 Å². The quantitative estimate of drug-likeness (QED) is 0.566. The minimum absolute atomic E-state index is 0.159. The number of hydrogen-bond donors (Lipinski definition) is 0. The van der Waals surface area contributed by atoms with Crippen molar-refractivity contribution in [2.24, 2.45) is 0 Å². The average Bonchev–Trinajstić information content (AvgIpc) is 2.52. The molecular formula is C18H21NO2. The molecule has 2 atom stereocenters. The van der Waals surface area contributed by atoms with E-state index >= 15 is 0 Å². The van der Waals surface area contributed by atoms with Gasteiger partial charge in [0.05, 0.1) is 0 Å². The first-order valence-corrected chi connectivity index (χ1v) is 7.39. The van der Waals surface area contributed by atoms with Gasteiger partial charge in [0.2, 0.25) is 6.04 Å². The normalized spacial score (nSPS) is 13.6. The van der Waals surface area contributed by atoms with Crippen molar-refractivity contribution in [3.05, 3.63) is 81.4 Å². The van der Waals surface area contributed by atoms with E-state index in [4.69, 9.17) is 0 Å². The van der Waals surface area contributed by atoms with Crippen LogP contribution < -0.4 is 0 Å². The van der Waals surface area contributed by atoms with Crippen LogP contribution in [0.3, 0.4) is 0 Å². The summed E-state index contributed by atoms with van der Waals surface area (Å²) in [5, 5.41) is 11.6. The maximum Gasteiger partial charge on any atom is 0.242 e. The fourth-order valence-corrected chi connectivity index (χ4v) is 2.62. The van der Waals surface area contributed by atoms with Gasteiger partial charge in [0.25, 0.3) is 0 Å². The van der Waals surface area contributed by atoms with Crippen LogP contribution in [-0.4, -0.2) is 4.92 Å². The van der Waals surface area contributed by atoms with E-state index in [1.807, 2.05) is 54.6 Å². The van der Waals surface area contributed by atoms with Gasteiger partial charge in [-0.1, -0.05) is 68.4 Å². The van der Waals surface area contributed by atoms with Crippen LogP contribution in [0, 0.1) is 10.1 Å². The number of benzene rings is 2. The molecule has 2 aromatic carbocycles. The van der Waals surface area contributed by atoms with Crippen molar-refractivity contribution >= 4 is 0 Å². The molecule has 0 aliphatic heterocycles. The minimum atomic E-state index is -0.683. The second-order valence-electron chi connectivity index (χ2n) is 5.43. The zero-order valence-electron chi connectivity index (χ0n) is 12.5. The van der Waals surface area contributed by atoms with Crippen LogP contribution in [-0.2, 0) is 6.42 Å². The van der Waals surface area contributed by atoms with Crippen molar-refractivity contribution in [1.82, 2.24) is 0 Å². The van der Waals surface area contributed by atoms with E-state index < -0.39 is 6.04 Å². The summed E-state index contributed by atoms with van der Waals surface area (Å²) in [4.78, 5) is 11.4. The molecule has 3 heteroatoms. The minimum Gasteiger partial charge on any atom is -0.264 e. The van der Waals surface area contributed by atoms with Gasteiger partial charge in [-0.3, -0.25) is 10.1 Å². The van der Waals surface area contributed by atoms with Crippen LogP contribution in [0.1, 0.15) is 48.9 Å². The predicted octanol–water partition coefficient (Wildman–Crippen LogP) is 4.76. The topological polar surface area (TPSA) is 43.1 Å². The zero-order valence-corrected chi connectivity index (χ0v) is 12.5. The monoisotopic (exact) mass is 283 g/mol. The SMILES string of the molecule is CCC(C)c1ccccc1C(Cc1ccccc1)[N+](=O)[O-]. The van der Waals surface area contributed by atoms with Gasteiger partial charge in [0, 0.05) is 16.9 Å². The molecule has 0 fully saturated rings. The highest BCUT2D eigenvalue weighted by Crippen LogP contribution is 2.30. The molecule has 0 radical (unpaired) electrons. The summed E-state index contributed by atoms with van der Waals surface area (Å²) < 4.78 is 0. The van der Waals surface area contributed by atoms with E-state index in [9.17, 15) is 10.1 Å². The average molecular weight is 283 g/mol. The van der Waals surface area contributed by atoms with E-state index in [0.29, 0.717) is 12.3 Å². The second-order valence-corrected chi connectivity index (χ2v) is 5.43. The first-order valence-electron chi connectivity index (χ1n) is 7.39. The molecule has 0 bridgehead atoms. The maximum atomic E-state index is 11.6. The lowest BCUT2D eigenvalue weighted by molar-refractivity contribution is -0.528. The van der Waals surface area contributed by atoms with E-state index in [0.717, 1.165) is 23.1 Å². The van der Waals surface area contributed by atoms with Crippen LogP contribution in [0.5, 0.6) is 0 Å². The van der Waals surface area contributed by atoms with Crippen LogP contribution in [0.4, 0.5) is 0 Å². The number of nitrogens with zero attached hydrogens (tertiary/aromatic N) is 1. The lowest BCUT2D eigenvalue weighted by Crippen LogP contribution is -2.16. The molecule has 0 N–H and O–H groups in total. The Bertz CT molecular complexity index is 595. The summed E-state index contributed by atoms with van der Waals surface area (Å²) in [5.41, 5.74) is 2.94. The summed E-state index contributed by atoms with van der Waals surface area (Å²) in [6.07, 6.45) is 1.41. The van der Waals surface area contributed by atoms with Gasteiger partial charge < -0.3 is 0 Å². The number of nitro groups is 1. The van der Waals surface area contributed by atoms with Crippen LogP contribution in [0.15, 0.2) is 54.6 Å². The van der Waals surface area contributed by atoms with E-state index in [1.54, 1.807) is 0 Å². The molecular weight excluding hydrogens is 262 g/mol. The van der Waals surface area contributed by atoms with Gasteiger partial charge in [-0.2, -0.15) is 0 Å². The number of hydrogen-bond acceptors (Lipinski definition) is 2. The molecule has 3 nitrogen and oxygen atoms in total. The molecule has 0 heterocycles. The maximum absolute atomic E-state index is 11.6. The zero-order chi connectivity index (χ0) is 15.2. The Hall–Kier alpha value is -2.16. The third-order valence-electron chi connectivity index (χ3n) is 4.02. The highest BCUT2D eigenvalue weighted by Gasteiger charge is 2.26. The summed E-state index contributed by atoms with van der Waals surface area (Å²) in [7, 11) is 0. The fourth-order valence-electron chi connectivity index (χ4n) is 2.62. The first kappa shape index (κ1) is 15.2. The molecule has 0 amide bonds. The molecule has 21 heavy (non-hydrogen) atoms. The summed E-state index contributed by atoms with van der Waals surface area (Å²) in [6, 6.07) is 16.8. The van der Waals surface area contributed by atoms with Crippen LogP contribution in [0.2, 0.25) is 0 Å². The van der Waals surface area contributed by atoms with E-state index in [-0.39, 0.29) is 4.92 Å². The van der Waals surface area contributed by atoms with Crippen molar-refractivity contribution in [2.45, 2.75) is 38.6 Å². The summed E-state index contributed by atoms with van der Waals surface area (Å²) >= 11 is 0. The Morgan fingerprint density at radius 2 is 1.57 bits per heavy atom. The van der Waals surface area contributed by atoms with Gasteiger partial charge in [-0.05, 0) is 23.5 Å². The van der Waals surface area contributed by atoms with Gasteiger partial charge in [-0.15, -0.1) is 0 Å². The van der Waals surface area contributed by atoms with Crippen molar-refractivity contribution in [1.29, 1.82) is 0 Å². The van der Waals surface area contributed by atoms with Gasteiger partial charge in [-0.25, -0.2) is 0 Å². The summed E-state index contributed by atoms with van der Waals surface area (Å²) in [6.45, 7) is 4.23. The van der Waals surface area contributed by atoms with Crippen LogP contribution in [0.25, 0.3) is 0 Å². The third kappa shape index (κ3) is 3.69. The van der Waals surface area contributed by atoms with E-state index in [2.05, 4.69) is 13.8 Å². The lowest BCUT2D eigenvalue weighted by atomic mass is 9.88. The standard InChI is InChI=1S/C18H21NO2/c1-3-14(2)16-11-7-8-12-17(16)18(19(20)21)13-15-9-5-4-6-10-15/h4-12,14,18H,3,13H2,1-2H3. The molecule has 2 rings (SSSR count). The first-order chi connectivity index (χ1) is 10.1. The molecule has 2 aromatic rings. The molecule has 0 aromatic heterocycles.